The van der Waals surface area contributed by atoms with E-state index in [0.29, 0.717) is 30.7 Å². The molecule has 8 rings (SSSR count). The molecule has 0 saturated carbocycles. The maximum Gasteiger partial charge on any atom is 0.408 e. The Morgan fingerprint density at radius 2 is 1.15 bits per heavy atom. The van der Waals surface area contributed by atoms with E-state index in [4.69, 9.17) is 36.9 Å². The van der Waals surface area contributed by atoms with Crippen molar-refractivity contribution in [3.8, 4) is 0 Å². The van der Waals surface area contributed by atoms with Crippen LogP contribution < -0.4 is 16.0 Å². The second-order valence-corrected chi connectivity index (χ2v) is 20.0. The number of aromatic nitrogens is 6. The minimum atomic E-state index is -3.47. The Balaban J connectivity index is 0.000000337. The maximum atomic E-state index is 13.1. The lowest BCUT2D eigenvalue weighted by molar-refractivity contribution is -0.108. The van der Waals surface area contributed by atoms with Gasteiger partial charge in [-0.2, -0.15) is 13.5 Å². The van der Waals surface area contributed by atoms with Crippen molar-refractivity contribution in [2.45, 2.75) is 226 Å². The zero-order valence-electron chi connectivity index (χ0n) is 66.4. The Labute approximate surface area is 467 Å². The first-order valence-corrected chi connectivity index (χ1v) is 23.2. The fourth-order valence-corrected chi connectivity index (χ4v) is 8.94. The maximum absolute atomic E-state index is 13.1. The minimum absolute atomic E-state index is 0. The van der Waals surface area contributed by atoms with Gasteiger partial charge in [-0.05, 0) is 124 Å². The second-order valence-electron chi connectivity index (χ2n) is 20.0. The molecule has 4 aliphatic heterocycles. The molecule has 4 saturated heterocycles. The number of aldehydes is 1. The van der Waals surface area contributed by atoms with Crippen molar-refractivity contribution >= 4 is 31.9 Å². The molecule has 4 aromatic rings. The van der Waals surface area contributed by atoms with Crippen LogP contribution >= 0.6 is 13.5 Å². The molecular weight excluding hydrogens is 913 g/mol. The van der Waals surface area contributed by atoms with Crippen molar-refractivity contribution in [2.75, 3.05) is 6.50 Å². The molecule has 0 spiro atoms. The van der Waals surface area contributed by atoms with Gasteiger partial charge in [-0.25, -0.2) is 9.59 Å². The van der Waals surface area contributed by atoms with Crippen molar-refractivity contribution < 1.29 is 58.1 Å². The van der Waals surface area contributed by atoms with Gasteiger partial charge in [0.05, 0.1) is 28.5 Å². The van der Waals surface area contributed by atoms with E-state index < -0.39 is 164 Å². The van der Waals surface area contributed by atoms with E-state index in [-0.39, 0.29) is 63.3 Å². The molecule has 4 unspecified atom stereocenters. The summed E-state index contributed by atoms with van der Waals surface area (Å²) in [4.78, 5) is 38.1. The highest BCUT2D eigenvalue weighted by molar-refractivity contribution is 7.59. The summed E-state index contributed by atoms with van der Waals surface area (Å²) in [5.74, 6) is 1.25. The Bertz CT molecular complexity index is 3420. The van der Waals surface area contributed by atoms with Crippen molar-refractivity contribution in [2.24, 2.45) is 0 Å². The number of fused-ring (bicyclic) bond motifs is 4. The molecule has 0 radical (unpaired) electrons. The molecule has 15 nitrogen and oxygen atoms in total. The van der Waals surface area contributed by atoms with E-state index in [1.807, 2.05) is 37.6 Å². The highest BCUT2D eigenvalue weighted by Gasteiger charge is 2.42. The number of carbonyl (C=O) groups is 3. The number of nitrogens with zero attached hydrogens (tertiary/aromatic N) is 7. The van der Waals surface area contributed by atoms with E-state index in [1.54, 1.807) is 9.88 Å². The Morgan fingerprint density at radius 1 is 0.732 bits per heavy atom. The van der Waals surface area contributed by atoms with E-state index in [2.05, 4.69) is 25.7 Å². The first kappa shape index (κ1) is 31.7. The van der Waals surface area contributed by atoms with Crippen LogP contribution in [0, 0.1) is 13.7 Å². The Hall–Kier alpha value is -4.80. The van der Waals surface area contributed by atoms with E-state index in [0.717, 1.165) is 18.7 Å². The van der Waals surface area contributed by atoms with E-state index in [9.17, 15) is 21.2 Å². The fraction of sp³-hybridized carbons (Fsp3) is 0.655. The Morgan fingerprint density at radius 3 is 1.56 bits per heavy atom. The SMILES string of the molecule is C.S.[2H]C(=O)C([2H])([2H])[C@]([2H])(NC(=O)OC(C)(C)C)c1c([2H])c([2H])c([2H])c([2H])c1[2H].[2H]C([2H])([2H])c1nnc(C(C)C)n1C1CC2CCC(C1)N2.[2H]c1c([2H])c([2H])c([C@@]([2H])(NC(=O)OC(C)(C)C)C([2H])([2H])C([2H])([2H])N2C3CCC2CC(n2c(C(C)C)nnc2C([2H])([2H])[2H])C3)c([2H])c1[2H]. The first-order valence-electron chi connectivity index (χ1n) is 35.7. The molecule has 2 amide bonds. The lowest BCUT2D eigenvalue weighted by Crippen LogP contribution is -2.45. The fourth-order valence-electron chi connectivity index (χ4n) is 8.94. The van der Waals surface area contributed by atoms with Crippen LogP contribution in [0.15, 0.2) is 60.4 Å². The van der Waals surface area contributed by atoms with Gasteiger partial charge in [0.1, 0.15) is 42.1 Å². The number of aryl methyl sites for hydroxylation is 2. The third-order valence-electron chi connectivity index (χ3n) is 11.6. The van der Waals surface area contributed by atoms with Crippen LogP contribution in [0.1, 0.15) is 245 Å². The molecule has 4 aliphatic rings. The lowest BCUT2D eigenvalue weighted by Gasteiger charge is -2.40. The molecule has 6 heterocycles. The summed E-state index contributed by atoms with van der Waals surface area (Å²) in [6.07, 6.45) is -5.99. The molecule has 2 aromatic heterocycles. The third kappa shape index (κ3) is 16.6. The van der Waals surface area contributed by atoms with E-state index >= 15 is 0 Å². The van der Waals surface area contributed by atoms with Crippen LogP contribution in [0.2, 0.25) is 0 Å². The van der Waals surface area contributed by atoms with Gasteiger partial charge in [0.25, 0.3) is 0 Å². The van der Waals surface area contributed by atoms with Gasteiger partial charge in [-0.15, -0.1) is 20.4 Å². The average Bonchev–Trinajstić information content (AvgIpc) is 1.06. The number of benzene rings is 2. The zero-order valence-corrected chi connectivity index (χ0v) is 42.4. The molecule has 2 aromatic carbocycles. The normalized spacial score (nSPS) is 29.3. The van der Waals surface area contributed by atoms with Crippen LogP contribution in [0.25, 0.3) is 0 Å². The van der Waals surface area contributed by atoms with Gasteiger partial charge in [0.2, 0.25) is 0 Å². The monoisotopic (exact) mass is 1030 g/mol. The second kappa shape index (κ2) is 26.2. The van der Waals surface area contributed by atoms with Crippen molar-refractivity contribution in [1.29, 1.82) is 0 Å². The largest absolute Gasteiger partial charge is 0.444 e. The zero-order chi connectivity index (χ0) is 71.8. The number of nitrogens with one attached hydrogen (secondary N) is 3. The van der Waals surface area contributed by atoms with Gasteiger partial charge >= 0.3 is 12.2 Å². The van der Waals surface area contributed by atoms with Gasteiger partial charge in [-0.3, -0.25) is 4.90 Å². The highest BCUT2D eigenvalue weighted by atomic mass is 32.1. The number of amides is 2. The van der Waals surface area contributed by atoms with Crippen molar-refractivity contribution in [3.05, 3.63) is 94.8 Å². The number of piperidine rings is 2. The first-order chi connectivity index (χ1) is 42.6. The summed E-state index contributed by atoms with van der Waals surface area (Å²) in [7, 11) is 0. The Kier molecular flexibility index (Phi) is 11.7. The predicted octanol–water partition coefficient (Wildman–Crippen LogP) is 11.3. The van der Waals surface area contributed by atoms with Crippen LogP contribution in [0.4, 0.5) is 9.59 Å². The number of alkyl carbamates (subject to hydrolysis) is 2. The number of rotatable bonds is 13. The summed E-state index contributed by atoms with van der Waals surface area (Å²) in [6, 6.07) is -16.1. The smallest absolute Gasteiger partial charge is 0.408 e. The van der Waals surface area contributed by atoms with Crippen LogP contribution in [0.3, 0.4) is 0 Å². The number of carbonyl (C=O) groups excluding carboxylic acids is 3. The molecule has 4 bridgehead atoms. The van der Waals surface area contributed by atoms with E-state index in [1.165, 1.54) is 59.3 Å². The predicted molar refractivity (Wildman–Crippen MR) is 287 cm³/mol. The van der Waals surface area contributed by atoms with Gasteiger partial charge in [-0.1, -0.05) is 95.5 Å². The summed E-state index contributed by atoms with van der Waals surface area (Å²) < 4.78 is 218. The summed E-state index contributed by atoms with van der Waals surface area (Å²) in [5, 5.41) is 23.7. The standard InChI is InChI=1S/C27H41N5O2.C14H19NO3.C13H22N4.CH4.H2S/c1-18(2)25-30-29-19(3)32(25)23-16-21-12-13-22(17-23)31(21)15-14-24(20-10-8-7-9-11-20)28-26(33)34-27(4,5)6;1-14(2,3)18-13(17)15-12(9-10-16)11-7-5-4-6-8-11;1-8(2)13-16-15-9(3)17(13)12-6-10-4-5-11(7-12)14-10;;/h7-11,18,21-24H,12-17H2,1-6H3,(H,28,33);4-8,10,12H,9H2,1-3H3,(H,15,17);8,10-12,14H,4-7H2,1-3H3;1H4;1H2/t21?,22?,23?,24-;12-;;;/m00.../s1/i3D3,7D,8D,9D,10D,11D,14D2,15D2,24D;4D,5D,6D,7D,8D,9D2,10D,12D;3D3;;. The molecule has 16 heteroatoms. The number of ether oxygens (including phenoxy) is 2. The summed E-state index contributed by atoms with van der Waals surface area (Å²) in [5.41, 5.74) is -4.16. The van der Waals surface area contributed by atoms with Crippen LogP contribution in [-0.4, -0.2) is 94.7 Å². The lowest BCUT2D eigenvalue weighted by atomic mass is 9.95. The van der Waals surface area contributed by atoms with Gasteiger partial charge in [0.15, 0.2) is 0 Å². The molecule has 71 heavy (non-hydrogen) atoms. The minimum Gasteiger partial charge on any atom is -0.444 e. The summed E-state index contributed by atoms with van der Waals surface area (Å²) in [6.45, 7) is 8.92. The van der Waals surface area contributed by atoms with Crippen LogP contribution in [0.5, 0.6) is 0 Å². The quantitative estimate of drug-likeness (QED) is 0.109. The number of hydrogen-bond donors (Lipinski definition) is 3. The highest BCUT2D eigenvalue weighted by Crippen LogP contribution is 2.43. The molecule has 394 valence electrons. The van der Waals surface area contributed by atoms with Crippen LogP contribution in [-0.2, 0) is 14.3 Å². The van der Waals surface area contributed by atoms with Crippen molar-refractivity contribution in [3.63, 3.8) is 0 Å². The third-order valence-corrected chi connectivity index (χ3v) is 11.6. The average molecular weight is 1030 g/mol. The summed E-state index contributed by atoms with van der Waals surface area (Å²) >= 11 is 0. The molecule has 3 N–H and O–H groups in total. The molecule has 6 atom stereocenters. The number of hydrogen-bond acceptors (Lipinski definition) is 11. The van der Waals surface area contributed by atoms with Gasteiger partial charge in [0, 0.05) is 77.4 Å². The van der Waals surface area contributed by atoms with Crippen molar-refractivity contribution in [1.82, 2.24) is 50.4 Å². The molecule has 0 aliphatic carbocycles. The van der Waals surface area contributed by atoms with Gasteiger partial charge < -0.3 is 39.4 Å². The topological polar surface area (TPSA) is 170 Å². The molecule has 4 fully saturated rings. The molecular formula is C55H88N10O5S.